The zero-order valence-electron chi connectivity index (χ0n) is 17.0. The molecule has 0 bridgehead atoms. The first-order valence-corrected chi connectivity index (χ1v) is 10.9. The Balaban J connectivity index is 1.47. The Bertz CT molecular complexity index is 1350. The Hall–Kier alpha value is -3.86. The van der Waals surface area contributed by atoms with E-state index in [-0.39, 0.29) is 5.69 Å². The van der Waals surface area contributed by atoms with Gasteiger partial charge in [-0.2, -0.15) is 5.10 Å². The summed E-state index contributed by atoms with van der Waals surface area (Å²) in [6.07, 6.45) is 0. The molecule has 0 saturated carbocycles. The largest absolute Gasteiger partial charge is 0.339 e. The molecule has 2 heterocycles. The van der Waals surface area contributed by atoms with Crippen LogP contribution < -0.4 is 10.0 Å². The van der Waals surface area contributed by atoms with Gasteiger partial charge in [-0.15, -0.1) is 10.2 Å². The van der Waals surface area contributed by atoms with Crippen LogP contribution in [0.1, 0.15) is 11.4 Å². The fraction of sp³-hybridized carbons (Fsp3) is 0.0952. The fourth-order valence-corrected chi connectivity index (χ4v) is 4.28. The summed E-state index contributed by atoms with van der Waals surface area (Å²) in [6, 6.07) is 14.4. The van der Waals surface area contributed by atoms with Crippen molar-refractivity contribution in [1.82, 2.24) is 20.0 Å². The molecule has 0 spiro atoms. The van der Waals surface area contributed by atoms with Gasteiger partial charge in [0.15, 0.2) is 16.5 Å². The van der Waals surface area contributed by atoms with Crippen LogP contribution in [0.5, 0.6) is 0 Å². The van der Waals surface area contributed by atoms with E-state index in [1.165, 1.54) is 12.1 Å². The molecule has 11 heteroatoms. The molecule has 0 radical (unpaired) electrons. The third-order valence-electron chi connectivity index (χ3n) is 4.47. The number of nitrogens with zero attached hydrogens (tertiary/aromatic N) is 4. The molecule has 0 unspecified atom stereocenters. The van der Waals surface area contributed by atoms with Gasteiger partial charge in [0.05, 0.1) is 5.69 Å². The van der Waals surface area contributed by atoms with Crippen molar-refractivity contribution >= 4 is 27.2 Å². The number of anilines is 3. The molecule has 0 aliphatic carbocycles. The normalized spacial score (nSPS) is 11.4. The Labute approximate surface area is 183 Å². The highest BCUT2D eigenvalue weighted by Gasteiger charge is 2.23. The number of aromatic nitrogens is 4. The molecule has 0 saturated heterocycles. The van der Waals surface area contributed by atoms with Crippen LogP contribution in [0.25, 0.3) is 5.82 Å². The van der Waals surface area contributed by atoms with E-state index in [4.69, 9.17) is 0 Å². The second-order valence-electron chi connectivity index (χ2n) is 6.97. The molecule has 32 heavy (non-hydrogen) atoms. The van der Waals surface area contributed by atoms with Crippen LogP contribution in [0.3, 0.4) is 0 Å². The molecular weight excluding hydrogens is 438 g/mol. The highest BCUT2D eigenvalue weighted by molar-refractivity contribution is 7.92. The summed E-state index contributed by atoms with van der Waals surface area (Å²) < 4.78 is 56.2. The van der Waals surface area contributed by atoms with Crippen molar-refractivity contribution in [2.45, 2.75) is 18.7 Å². The van der Waals surface area contributed by atoms with Gasteiger partial charge < -0.3 is 5.32 Å². The lowest BCUT2D eigenvalue weighted by Crippen LogP contribution is -2.16. The van der Waals surface area contributed by atoms with Gasteiger partial charge in [-0.05, 0) is 68.4 Å². The highest BCUT2D eigenvalue weighted by Crippen LogP contribution is 2.23. The Morgan fingerprint density at radius 2 is 1.53 bits per heavy atom. The molecule has 2 N–H and O–H groups in total. The quantitative estimate of drug-likeness (QED) is 0.453. The lowest BCUT2D eigenvalue weighted by Gasteiger charge is -2.11. The second kappa shape index (κ2) is 8.35. The molecule has 8 nitrogen and oxygen atoms in total. The molecular formula is C21H18F2N6O2S. The van der Waals surface area contributed by atoms with Gasteiger partial charge in [0, 0.05) is 17.1 Å². The van der Waals surface area contributed by atoms with Gasteiger partial charge in [0.1, 0.15) is 11.6 Å². The highest BCUT2D eigenvalue weighted by atomic mass is 32.2. The number of rotatable bonds is 6. The van der Waals surface area contributed by atoms with Crippen molar-refractivity contribution in [3.63, 3.8) is 0 Å². The lowest BCUT2D eigenvalue weighted by atomic mass is 10.3. The standard InChI is InChI=1S/C21H18F2N6O2S/c1-13-12-14(2)29(27-13)20-11-10-19(25-26-20)24-15-6-8-16(9-7-15)28-32(30,31)21-17(22)4-3-5-18(21)23/h3-12,28H,1-2H3,(H,24,25). The van der Waals surface area contributed by atoms with E-state index >= 15 is 0 Å². The molecule has 0 fully saturated rings. The number of nitrogens with one attached hydrogen (secondary N) is 2. The SMILES string of the molecule is Cc1cc(C)n(-c2ccc(Nc3ccc(NS(=O)(=O)c4c(F)cccc4F)cc3)nn2)n1. The molecule has 0 aliphatic rings. The predicted octanol–water partition coefficient (Wildman–Crippen LogP) is 4.10. The zero-order valence-corrected chi connectivity index (χ0v) is 17.9. The average molecular weight is 456 g/mol. The average Bonchev–Trinajstić information content (AvgIpc) is 3.07. The molecule has 164 valence electrons. The first-order valence-electron chi connectivity index (χ1n) is 9.44. The minimum absolute atomic E-state index is 0.143. The van der Waals surface area contributed by atoms with E-state index in [0.29, 0.717) is 17.3 Å². The smallest absolute Gasteiger partial charge is 0.267 e. The van der Waals surface area contributed by atoms with Crippen molar-refractivity contribution in [1.29, 1.82) is 0 Å². The summed E-state index contributed by atoms with van der Waals surface area (Å²) in [7, 11) is -4.43. The van der Waals surface area contributed by atoms with Gasteiger partial charge in [0.25, 0.3) is 10.0 Å². The van der Waals surface area contributed by atoms with E-state index in [0.717, 1.165) is 29.6 Å². The molecule has 2 aromatic heterocycles. The number of hydrogen-bond acceptors (Lipinski definition) is 6. The van der Waals surface area contributed by atoms with E-state index in [2.05, 4.69) is 25.3 Å². The van der Waals surface area contributed by atoms with Gasteiger partial charge in [-0.25, -0.2) is 21.9 Å². The predicted molar refractivity (Wildman–Crippen MR) is 116 cm³/mol. The van der Waals surface area contributed by atoms with E-state index in [1.54, 1.807) is 28.9 Å². The molecule has 0 amide bonds. The summed E-state index contributed by atoms with van der Waals surface area (Å²) in [5.74, 6) is -1.29. The third kappa shape index (κ3) is 4.42. The topological polar surface area (TPSA) is 102 Å². The van der Waals surface area contributed by atoms with Crippen molar-refractivity contribution in [3.8, 4) is 5.82 Å². The number of halogens is 2. The number of benzene rings is 2. The van der Waals surface area contributed by atoms with Crippen LogP contribution in [0, 0.1) is 25.5 Å². The van der Waals surface area contributed by atoms with Gasteiger partial charge in [-0.3, -0.25) is 4.72 Å². The fourth-order valence-electron chi connectivity index (χ4n) is 3.08. The van der Waals surface area contributed by atoms with Crippen molar-refractivity contribution in [2.75, 3.05) is 10.0 Å². The minimum atomic E-state index is -4.43. The molecule has 4 rings (SSSR count). The van der Waals surface area contributed by atoms with Crippen LogP contribution in [0.15, 0.2) is 65.6 Å². The van der Waals surface area contributed by atoms with Crippen LogP contribution >= 0.6 is 0 Å². The van der Waals surface area contributed by atoms with Crippen molar-refractivity contribution in [3.05, 3.63) is 83.7 Å². The maximum absolute atomic E-state index is 13.8. The molecule has 0 atom stereocenters. The van der Waals surface area contributed by atoms with Crippen LogP contribution in [-0.2, 0) is 10.0 Å². The minimum Gasteiger partial charge on any atom is -0.339 e. The van der Waals surface area contributed by atoms with Gasteiger partial charge in [-0.1, -0.05) is 6.07 Å². The first-order chi connectivity index (χ1) is 15.2. The van der Waals surface area contributed by atoms with E-state index in [9.17, 15) is 17.2 Å². The number of hydrogen-bond donors (Lipinski definition) is 2. The third-order valence-corrected chi connectivity index (χ3v) is 5.91. The maximum atomic E-state index is 13.8. The van der Waals surface area contributed by atoms with Gasteiger partial charge in [0.2, 0.25) is 0 Å². The van der Waals surface area contributed by atoms with Gasteiger partial charge >= 0.3 is 0 Å². The van der Waals surface area contributed by atoms with Crippen LogP contribution in [0.4, 0.5) is 26.0 Å². The Morgan fingerprint density at radius 1 is 0.875 bits per heavy atom. The zero-order chi connectivity index (χ0) is 22.9. The number of sulfonamides is 1. The van der Waals surface area contributed by atoms with E-state index < -0.39 is 26.6 Å². The molecule has 0 aliphatic heterocycles. The number of aryl methyl sites for hydroxylation is 2. The molecule has 2 aromatic carbocycles. The second-order valence-corrected chi connectivity index (χ2v) is 8.59. The summed E-state index contributed by atoms with van der Waals surface area (Å²) in [4.78, 5) is -1.03. The summed E-state index contributed by atoms with van der Waals surface area (Å²) in [6.45, 7) is 3.81. The Kier molecular flexibility index (Phi) is 5.57. The van der Waals surface area contributed by atoms with Crippen LogP contribution in [0.2, 0.25) is 0 Å². The molecule has 4 aromatic rings. The monoisotopic (exact) mass is 456 g/mol. The van der Waals surface area contributed by atoms with Crippen molar-refractivity contribution < 1.29 is 17.2 Å². The summed E-state index contributed by atoms with van der Waals surface area (Å²) >= 11 is 0. The first kappa shape index (κ1) is 21.4. The lowest BCUT2D eigenvalue weighted by molar-refractivity contribution is 0.521. The van der Waals surface area contributed by atoms with E-state index in [1.807, 2.05) is 19.9 Å². The van der Waals surface area contributed by atoms with Crippen molar-refractivity contribution in [2.24, 2.45) is 0 Å². The summed E-state index contributed by atoms with van der Waals surface area (Å²) in [5, 5.41) is 15.7. The van der Waals surface area contributed by atoms with Crippen LogP contribution in [-0.4, -0.2) is 28.4 Å². The summed E-state index contributed by atoms with van der Waals surface area (Å²) in [5.41, 5.74) is 2.56. The maximum Gasteiger partial charge on any atom is 0.267 e. The Morgan fingerprint density at radius 3 is 2.09 bits per heavy atom.